The van der Waals surface area contributed by atoms with Crippen molar-refractivity contribution < 1.29 is 9.59 Å². The van der Waals surface area contributed by atoms with Gasteiger partial charge in [0, 0.05) is 6.21 Å². The summed E-state index contributed by atoms with van der Waals surface area (Å²) in [5.41, 5.74) is 6.89. The third-order valence-corrected chi connectivity index (χ3v) is 3.45. The molecular weight excluding hydrogens is 194 g/mol. The van der Waals surface area contributed by atoms with Gasteiger partial charge in [-0.1, -0.05) is 6.42 Å². The van der Waals surface area contributed by atoms with Gasteiger partial charge in [-0.15, -0.1) is 0 Å². The topological polar surface area (TPSA) is 84.5 Å². The summed E-state index contributed by atoms with van der Waals surface area (Å²) >= 11 is 0. The number of nitrogens with zero attached hydrogens (tertiary/aromatic N) is 1. The highest BCUT2D eigenvalue weighted by molar-refractivity contribution is 6.34. The number of carbonyl (C=O) groups excluding carboxylic acids is 2. The Hall–Kier alpha value is -1.39. The van der Waals surface area contributed by atoms with E-state index < -0.39 is 11.8 Å². The van der Waals surface area contributed by atoms with Crippen LogP contribution in [0.5, 0.6) is 0 Å². The third-order valence-electron chi connectivity index (χ3n) is 3.45. The monoisotopic (exact) mass is 209 g/mol. The van der Waals surface area contributed by atoms with Crippen molar-refractivity contribution in [2.75, 3.05) is 0 Å². The number of hydrogen-bond acceptors (Lipinski definition) is 3. The maximum atomic E-state index is 10.8. The first-order chi connectivity index (χ1) is 7.16. The highest BCUT2D eigenvalue weighted by atomic mass is 16.2. The molecule has 2 bridgehead atoms. The van der Waals surface area contributed by atoms with Gasteiger partial charge in [-0.2, -0.15) is 5.10 Å². The van der Waals surface area contributed by atoms with E-state index in [-0.39, 0.29) is 0 Å². The number of hydrogen-bond donors (Lipinski definition) is 2. The van der Waals surface area contributed by atoms with E-state index in [0.717, 1.165) is 11.8 Å². The molecule has 2 amide bonds. The van der Waals surface area contributed by atoms with E-state index in [0.29, 0.717) is 5.92 Å². The summed E-state index contributed by atoms with van der Waals surface area (Å²) in [5.74, 6) is 0.189. The number of rotatable bonds is 2. The summed E-state index contributed by atoms with van der Waals surface area (Å²) in [7, 11) is 0. The molecule has 15 heavy (non-hydrogen) atoms. The first kappa shape index (κ1) is 10.1. The molecule has 0 aromatic carbocycles. The zero-order valence-electron chi connectivity index (χ0n) is 8.48. The molecule has 3 atom stereocenters. The van der Waals surface area contributed by atoms with E-state index in [1.165, 1.54) is 25.7 Å². The van der Waals surface area contributed by atoms with Crippen molar-refractivity contribution in [2.24, 2.45) is 28.6 Å². The van der Waals surface area contributed by atoms with Crippen molar-refractivity contribution in [3.8, 4) is 0 Å². The molecule has 5 nitrogen and oxygen atoms in total. The lowest BCUT2D eigenvalue weighted by Crippen LogP contribution is -2.33. The smallest absolute Gasteiger partial charge is 0.329 e. The number of fused-ring (bicyclic) bond motifs is 2. The van der Waals surface area contributed by atoms with Crippen LogP contribution >= 0.6 is 0 Å². The predicted octanol–water partition coefficient (Wildman–Crippen LogP) is 0.00990. The molecule has 2 fully saturated rings. The van der Waals surface area contributed by atoms with E-state index in [9.17, 15) is 9.59 Å². The molecule has 0 spiro atoms. The maximum Gasteiger partial charge on any atom is 0.329 e. The fourth-order valence-electron chi connectivity index (χ4n) is 2.72. The molecule has 0 unspecified atom stereocenters. The predicted molar refractivity (Wildman–Crippen MR) is 54.8 cm³/mol. The third kappa shape index (κ3) is 2.16. The Morgan fingerprint density at radius 2 is 2.13 bits per heavy atom. The van der Waals surface area contributed by atoms with Crippen molar-refractivity contribution in [1.82, 2.24) is 5.43 Å². The quantitative estimate of drug-likeness (QED) is 0.381. The number of carbonyl (C=O) groups is 2. The number of primary amides is 1. The molecule has 0 aliphatic heterocycles. The second-order valence-electron chi connectivity index (χ2n) is 4.42. The van der Waals surface area contributed by atoms with Crippen LogP contribution < -0.4 is 11.2 Å². The van der Waals surface area contributed by atoms with Gasteiger partial charge < -0.3 is 5.73 Å². The lowest BCUT2D eigenvalue weighted by molar-refractivity contribution is -0.137. The highest BCUT2D eigenvalue weighted by Gasteiger charge is 2.38. The van der Waals surface area contributed by atoms with Crippen LogP contribution in [0.1, 0.15) is 25.7 Å². The SMILES string of the molecule is NC(=O)C(=O)N/N=C\[C@@H]1C[C@H]2CC[C@@H]1C2. The van der Waals surface area contributed by atoms with E-state index in [1.54, 1.807) is 6.21 Å². The number of nitrogens with two attached hydrogens (primary N) is 1. The Morgan fingerprint density at radius 3 is 2.67 bits per heavy atom. The van der Waals surface area contributed by atoms with E-state index in [1.807, 2.05) is 0 Å². The van der Waals surface area contributed by atoms with Gasteiger partial charge >= 0.3 is 11.8 Å². The van der Waals surface area contributed by atoms with Crippen LogP contribution in [0.3, 0.4) is 0 Å². The standard InChI is InChI=1S/C10H15N3O2/c11-9(14)10(15)13-12-5-8-4-6-1-2-7(8)3-6/h5-8H,1-4H2,(H2,11,14)(H,13,15)/b12-5-/t6-,7+,8-/m0/s1. The maximum absolute atomic E-state index is 10.8. The van der Waals surface area contributed by atoms with Gasteiger partial charge in [-0.3, -0.25) is 9.59 Å². The fraction of sp³-hybridized carbons (Fsp3) is 0.700. The molecule has 2 aliphatic carbocycles. The van der Waals surface area contributed by atoms with Gasteiger partial charge in [-0.25, -0.2) is 5.43 Å². The van der Waals surface area contributed by atoms with Crippen LogP contribution in [0.15, 0.2) is 5.10 Å². The van der Waals surface area contributed by atoms with Gasteiger partial charge in [0.2, 0.25) is 0 Å². The average Bonchev–Trinajstić information content (AvgIpc) is 2.78. The highest BCUT2D eigenvalue weighted by Crippen LogP contribution is 2.47. The Balaban J connectivity index is 1.80. The van der Waals surface area contributed by atoms with Crippen LogP contribution in [0.2, 0.25) is 0 Å². The zero-order valence-corrected chi connectivity index (χ0v) is 8.48. The van der Waals surface area contributed by atoms with Gasteiger partial charge in [-0.05, 0) is 37.0 Å². The van der Waals surface area contributed by atoms with Gasteiger partial charge in [0.1, 0.15) is 0 Å². The minimum absolute atomic E-state index is 0.469. The minimum atomic E-state index is -1.000. The second-order valence-corrected chi connectivity index (χ2v) is 4.42. The molecule has 82 valence electrons. The van der Waals surface area contributed by atoms with Crippen molar-refractivity contribution in [3.05, 3.63) is 0 Å². The molecule has 0 saturated heterocycles. The largest absolute Gasteiger partial charge is 0.361 e. The summed E-state index contributed by atoms with van der Waals surface area (Å²) in [5, 5.41) is 3.77. The van der Waals surface area contributed by atoms with Crippen molar-refractivity contribution >= 4 is 18.0 Å². The molecule has 2 rings (SSSR count). The van der Waals surface area contributed by atoms with Crippen LogP contribution in [0.25, 0.3) is 0 Å². The van der Waals surface area contributed by atoms with Gasteiger partial charge in [0.15, 0.2) is 0 Å². The molecule has 2 saturated carbocycles. The summed E-state index contributed by atoms with van der Waals surface area (Å²) in [6, 6.07) is 0. The lowest BCUT2D eigenvalue weighted by atomic mass is 9.90. The van der Waals surface area contributed by atoms with Crippen molar-refractivity contribution in [3.63, 3.8) is 0 Å². The summed E-state index contributed by atoms with van der Waals surface area (Å²) in [6.45, 7) is 0. The molecule has 0 heterocycles. The molecule has 3 N–H and O–H groups in total. The van der Waals surface area contributed by atoms with Crippen LogP contribution in [-0.4, -0.2) is 18.0 Å². The molecule has 0 aromatic heterocycles. The summed E-state index contributed by atoms with van der Waals surface area (Å²) in [6.07, 6.45) is 6.82. The molecular formula is C10H15N3O2. The molecule has 0 aromatic rings. The van der Waals surface area contributed by atoms with Crippen molar-refractivity contribution in [1.29, 1.82) is 0 Å². The zero-order chi connectivity index (χ0) is 10.8. The average molecular weight is 209 g/mol. The first-order valence-electron chi connectivity index (χ1n) is 5.29. The first-order valence-corrected chi connectivity index (χ1v) is 5.29. The van der Waals surface area contributed by atoms with E-state index in [2.05, 4.69) is 10.5 Å². The second kappa shape index (κ2) is 4.00. The van der Waals surface area contributed by atoms with E-state index in [4.69, 9.17) is 5.73 Å². The Labute approximate surface area is 88.1 Å². The van der Waals surface area contributed by atoms with Crippen LogP contribution in [0.4, 0.5) is 0 Å². The van der Waals surface area contributed by atoms with Gasteiger partial charge in [0.25, 0.3) is 0 Å². The van der Waals surface area contributed by atoms with Gasteiger partial charge in [0.05, 0.1) is 0 Å². The van der Waals surface area contributed by atoms with E-state index >= 15 is 0 Å². The Morgan fingerprint density at radius 1 is 1.33 bits per heavy atom. The Bertz CT molecular complexity index is 314. The molecule has 5 heteroatoms. The molecule has 2 aliphatic rings. The number of nitrogens with one attached hydrogen (secondary N) is 1. The number of hydrazone groups is 1. The Kier molecular flexibility index (Phi) is 2.70. The van der Waals surface area contributed by atoms with Crippen LogP contribution in [-0.2, 0) is 9.59 Å². The minimum Gasteiger partial charge on any atom is -0.361 e. The summed E-state index contributed by atoms with van der Waals surface area (Å²) < 4.78 is 0. The van der Waals surface area contributed by atoms with Crippen molar-refractivity contribution in [2.45, 2.75) is 25.7 Å². The number of amides is 2. The van der Waals surface area contributed by atoms with Crippen LogP contribution in [0, 0.1) is 17.8 Å². The summed E-state index contributed by atoms with van der Waals surface area (Å²) in [4.78, 5) is 21.2. The molecule has 0 radical (unpaired) electrons. The fourth-order valence-corrected chi connectivity index (χ4v) is 2.72. The lowest BCUT2D eigenvalue weighted by Gasteiger charge is -2.16. The normalized spacial score (nSPS) is 33.5.